The van der Waals surface area contributed by atoms with Gasteiger partial charge in [0, 0.05) is 11.1 Å². The minimum absolute atomic E-state index is 0.531. The molecular weight excluding hydrogens is 392 g/mol. The monoisotopic (exact) mass is 426 g/mol. The van der Waals surface area contributed by atoms with Crippen molar-refractivity contribution in [3.8, 4) is 33.8 Å². The molecule has 2 heteroatoms. The maximum Gasteiger partial charge on any atom is 0.128 e. The smallest absolute Gasteiger partial charge is 0.128 e. The Balaban J connectivity index is 2.13. The second-order valence-corrected chi connectivity index (χ2v) is 7.71. The second kappa shape index (κ2) is 12.0. The zero-order valence-electron chi connectivity index (χ0n) is 19.7. The molecule has 3 aromatic carbocycles. The van der Waals surface area contributed by atoms with Crippen molar-refractivity contribution >= 4 is 0 Å². The molecule has 166 valence electrons. The van der Waals surface area contributed by atoms with Crippen molar-refractivity contribution in [2.24, 2.45) is 0 Å². The van der Waals surface area contributed by atoms with Gasteiger partial charge in [0.05, 0.1) is 0 Å². The average Bonchev–Trinajstić information content (AvgIpc) is 2.85. The summed E-state index contributed by atoms with van der Waals surface area (Å²) in [5, 5.41) is 0. The summed E-state index contributed by atoms with van der Waals surface area (Å²) in [6.07, 6.45) is 10.1. The third-order valence-electron chi connectivity index (χ3n) is 5.57. The van der Waals surface area contributed by atoms with Crippen LogP contribution in [-0.2, 0) is 12.8 Å². The molecule has 3 rings (SSSR count). The van der Waals surface area contributed by atoms with Crippen LogP contribution in [0.3, 0.4) is 0 Å². The molecule has 0 radical (unpaired) electrons. The summed E-state index contributed by atoms with van der Waals surface area (Å²) in [6, 6.07) is 21.7. The van der Waals surface area contributed by atoms with Crippen LogP contribution in [0.25, 0.3) is 22.3 Å². The third kappa shape index (κ3) is 5.91. The highest BCUT2D eigenvalue weighted by Gasteiger charge is 2.15. The highest BCUT2D eigenvalue weighted by molar-refractivity contribution is 5.81. The highest BCUT2D eigenvalue weighted by Crippen LogP contribution is 2.41. The van der Waals surface area contributed by atoms with E-state index in [-0.39, 0.29) is 0 Å². The fourth-order valence-electron chi connectivity index (χ4n) is 3.56. The van der Waals surface area contributed by atoms with E-state index in [0.717, 1.165) is 46.6 Å². The number of rotatable bonds is 10. The SMILES string of the molecule is C/C=C/COc1cc(-c2ccc(CC)cc2)c(OC/C=C/C)cc1-c1ccc(CC)cc1. The molecule has 0 atom stereocenters. The van der Waals surface area contributed by atoms with Crippen LogP contribution in [0.2, 0.25) is 0 Å². The third-order valence-corrected chi connectivity index (χ3v) is 5.57. The van der Waals surface area contributed by atoms with Crippen molar-refractivity contribution < 1.29 is 9.47 Å². The molecule has 0 aliphatic carbocycles. The predicted octanol–water partition coefficient (Wildman–Crippen LogP) is 8.06. The molecule has 0 aliphatic rings. The Morgan fingerprint density at radius 2 is 0.969 bits per heavy atom. The summed E-state index contributed by atoms with van der Waals surface area (Å²) in [4.78, 5) is 0. The molecule has 0 amide bonds. The molecule has 0 unspecified atom stereocenters. The molecule has 32 heavy (non-hydrogen) atoms. The van der Waals surface area contributed by atoms with E-state index in [1.807, 2.05) is 38.2 Å². The highest BCUT2D eigenvalue weighted by atomic mass is 16.5. The first-order valence-electron chi connectivity index (χ1n) is 11.5. The van der Waals surface area contributed by atoms with Gasteiger partial charge in [-0.1, -0.05) is 86.7 Å². The Labute approximate surface area is 193 Å². The first-order chi connectivity index (χ1) is 15.7. The van der Waals surface area contributed by atoms with Gasteiger partial charge in [-0.15, -0.1) is 0 Å². The summed E-state index contributed by atoms with van der Waals surface area (Å²) in [5.41, 5.74) is 6.98. The van der Waals surface area contributed by atoms with E-state index in [0.29, 0.717) is 13.2 Å². The van der Waals surface area contributed by atoms with Gasteiger partial charge < -0.3 is 9.47 Å². The van der Waals surface area contributed by atoms with E-state index in [2.05, 4.69) is 74.5 Å². The summed E-state index contributed by atoms with van der Waals surface area (Å²) >= 11 is 0. The first kappa shape index (κ1) is 23.4. The summed E-state index contributed by atoms with van der Waals surface area (Å²) in [5.74, 6) is 1.72. The summed E-state index contributed by atoms with van der Waals surface area (Å²) < 4.78 is 12.4. The van der Waals surface area contributed by atoms with Gasteiger partial charge in [-0.05, 0) is 61.1 Å². The maximum absolute atomic E-state index is 6.22. The zero-order chi connectivity index (χ0) is 22.8. The van der Waals surface area contributed by atoms with Gasteiger partial charge in [-0.2, -0.15) is 0 Å². The first-order valence-corrected chi connectivity index (χ1v) is 11.5. The van der Waals surface area contributed by atoms with Gasteiger partial charge in [-0.25, -0.2) is 0 Å². The van der Waals surface area contributed by atoms with E-state index >= 15 is 0 Å². The van der Waals surface area contributed by atoms with Gasteiger partial charge in [-0.3, -0.25) is 0 Å². The molecule has 0 saturated carbocycles. The molecule has 3 aromatic rings. The average molecular weight is 427 g/mol. The lowest BCUT2D eigenvalue weighted by atomic mass is 9.96. The van der Waals surface area contributed by atoms with Crippen molar-refractivity contribution in [1.82, 2.24) is 0 Å². The Kier molecular flexibility index (Phi) is 8.74. The minimum Gasteiger partial charge on any atom is -0.489 e. The molecule has 0 heterocycles. The van der Waals surface area contributed by atoms with Crippen LogP contribution < -0.4 is 9.47 Å². The van der Waals surface area contributed by atoms with E-state index in [9.17, 15) is 0 Å². The van der Waals surface area contributed by atoms with E-state index in [1.165, 1.54) is 11.1 Å². The predicted molar refractivity (Wildman–Crippen MR) is 137 cm³/mol. The normalized spacial score (nSPS) is 11.4. The lowest BCUT2D eigenvalue weighted by molar-refractivity contribution is 0.355. The lowest BCUT2D eigenvalue weighted by Crippen LogP contribution is -2.00. The zero-order valence-corrected chi connectivity index (χ0v) is 19.7. The molecule has 0 N–H and O–H groups in total. The molecule has 0 spiro atoms. The Bertz CT molecular complexity index is 954. The van der Waals surface area contributed by atoms with Crippen molar-refractivity contribution in [2.45, 2.75) is 40.5 Å². The second-order valence-electron chi connectivity index (χ2n) is 7.71. The molecular formula is C30H34O2. The van der Waals surface area contributed by atoms with Gasteiger partial charge >= 0.3 is 0 Å². The molecule has 0 bridgehead atoms. The van der Waals surface area contributed by atoms with Crippen molar-refractivity contribution in [3.05, 3.63) is 96.1 Å². The molecule has 0 saturated heterocycles. The maximum atomic E-state index is 6.22. The minimum atomic E-state index is 0.531. The van der Waals surface area contributed by atoms with Crippen LogP contribution >= 0.6 is 0 Å². The van der Waals surface area contributed by atoms with Crippen molar-refractivity contribution in [1.29, 1.82) is 0 Å². The van der Waals surface area contributed by atoms with Crippen molar-refractivity contribution in [2.75, 3.05) is 13.2 Å². The van der Waals surface area contributed by atoms with Crippen LogP contribution in [0.4, 0.5) is 0 Å². The number of benzene rings is 3. The van der Waals surface area contributed by atoms with Crippen LogP contribution in [-0.4, -0.2) is 13.2 Å². The Morgan fingerprint density at radius 1 is 0.594 bits per heavy atom. The van der Waals surface area contributed by atoms with Crippen LogP contribution in [0.5, 0.6) is 11.5 Å². The number of ether oxygens (including phenoxy) is 2. The quantitative estimate of drug-likeness (QED) is 0.305. The Morgan fingerprint density at radius 3 is 1.28 bits per heavy atom. The molecule has 0 aliphatic heterocycles. The molecule has 2 nitrogen and oxygen atoms in total. The van der Waals surface area contributed by atoms with Gasteiger partial charge in [0.15, 0.2) is 0 Å². The van der Waals surface area contributed by atoms with E-state index in [4.69, 9.17) is 9.47 Å². The van der Waals surface area contributed by atoms with E-state index in [1.54, 1.807) is 0 Å². The van der Waals surface area contributed by atoms with E-state index < -0.39 is 0 Å². The lowest BCUT2D eigenvalue weighted by Gasteiger charge is -2.18. The van der Waals surface area contributed by atoms with Crippen molar-refractivity contribution in [3.63, 3.8) is 0 Å². The number of allylic oxidation sites excluding steroid dienone is 2. The number of hydrogen-bond donors (Lipinski definition) is 0. The van der Waals surface area contributed by atoms with Crippen LogP contribution in [0.1, 0.15) is 38.8 Å². The largest absolute Gasteiger partial charge is 0.489 e. The molecule has 0 aromatic heterocycles. The van der Waals surface area contributed by atoms with Gasteiger partial charge in [0.2, 0.25) is 0 Å². The summed E-state index contributed by atoms with van der Waals surface area (Å²) in [6.45, 7) is 9.42. The molecule has 0 fully saturated rings. The van der Waals surface area contributed by atoms with Gasteiger partial charge in [0.25, 0.3) is 0 Å². The van der Waals surface area contributed by atoms with Crippen LogP contribution in [0.15, 0.2) is 85.0 Å². The fourth-order valence-corrected chi connectivity index (χ4v) is 3.56. The number of aryl methyl sites for hydroxylation is 2. The Hall–Kier alpha value is -3.26. The fraction of sp³-hybridized carbons (Fsp3) is 0.267. The number of hydrogen-bond acceptors (Lipinski definition) is 2. The van der Waals surface area contributed by atoms with Gasteiger partial charge in [0.1, 0.15) is 24.7 Å². The van der Waals surface area contributed by atoms with Crippen LogP contribution in [0, 0.1) is 0 Å². The topological polar surface area (TPSA) is 18.5 Å². The standard InChI is InChI=1S/C30H34O2/c1-5-9-19-31-29-21-28(26-17-13-24(8-4)14-18-26)30(32-20-10-6-2)22-27(29)25-15-11-23(7-3)12-16-25/h5-6,9-18,21-22H,7-8,19-20H2,1-4H3/b9-5+,10-6+. The summed E-state index contributed by atoms with van der Waals surface area (Å²) in [7, 11) is 0.